The highest BCUT2D eigenvalue weighted by Gasteiger charge is 2.02. The number of halogens is 1. The Labute approximate surface area is 77.5 Å². The average molecular weight is 183 g/mol. The molecule has 0 atom stereocenters. The van der Waals surface area contributed by atoms with Crippen LogP contribution in [0.1, 0.15) is 11.1 Å². The van der Waals surface area contributed by atoms with Crippen LogP contribution in [0.3, 0.4) is 0 Å². The number of methoxy groups -OCH3 is 1. The van der Waals surface area contributed by atoms with Gasteiger partial charge in [0.1, 0.15) is 5.82 Å². The first kappa shape index (κ1) is 10.2. The molecule has 1 aromatic carbocycles. The molecule has 1 aromatic rings. The van der Waals surface area contributed by atoms with Crippen molar-refractivity contribution in [2.24, 2.45) is 5.73 Å². The predicted octanol–water partition coefficient (Wildman–Crippen LogP) is 1.47. The highest BCUT2D eigenvalue weighted by molar-refractivity contribution is 5.27. The molecule has 0 unspecified atom stereocenters. The van der Waals surface area contributed by atoms with Crippen LogP contribution in [0.5, 0.6) is 0 Å². The maximum Gasteiger partial charge on any atom is 0.123 e. The number of benzene rings is 1. The molecule has 0 saturated heterocycles. The van der Waals surface area contributed by atoms with Crippen molar-refractivity contribution in [1.82, 2.24) is 0 Å². The summed E-state index contributed by atoms with van der Waals surface area (Å²) in [5.41, 5.74) is 7.37. The third kappa shape index (κ3) is 2.79. The van der Waals surface area contributed by atoms with Gasteiger partial charge < -0.3 is 10.5 Å². The molecule has 2 nitrogen and oxygen atoms in total. The predicted molar refractivity (Wildman–Crippen MR) is 49.9 cm³/mol. The number of rotatable bonds is 4. The van der Waals surface area contributed by atoms with E-state index >= 15 is 0 Å². The van der Waals surface area contributed by atoms with Gasteiger partial charge in [-0.25, -0.2) is 4.39 Å². The van der Waals surface area contributed by atoms with Gasteiger partial charge in [-0.3, -0.25) is 0 Å². The summed E-state index contributed by atoms with van der Waals surface area (Å²) >= 11 is 0. The van der Waals surface area contributed by atoms with E-state index in [1.54, 1.807) is 13.2 Å². The third-order valence-electron chi connectivity index (χ3n) is 1.88. The van der Waals surface area contributed by atoms with Crippen molar-refractivity contribution in [3.05, 3.63) is 35.1 Å². The summed E-state index contributed by atoms with van der Waals surface area (Å²) in [7, 11) is 1.59. The molecule has 0 saturated carbocycles. The smallest absolute Gasteiger partial charge is 0.123 e. The van der Waals surface area contributed by atoms with Crippen LogP contribution in [0.25, 0.3) is 0 Å². The molecule has 0 spiro atoms. The summed E-state index contributed by atoms with van der Waals surface area (Å²) in [5.74, 6) is -0.229. The fourth-order valence-electron chi connectivity index (χ4n) is 1.28. The van der Waals surface area contributed by atoms with Crippen molar-refractivity contribution in [3.8, 4) is 0 Å². The van der Waals surface area contributed by atoms with Gasteiger partial charge >= 0.3 is 0 Å². The standard InChI is InChI=1S/C10H14FNO/c1-13-7-9-6-10(11)3-2-8(9)4-5-12/h2-3,6H,4-5,7,12H2,1H3. The molecule has 0 aliphatic carbocycles. The van der Waals surface area contributed by atoms with Crippen molar-refractivity contribution in [1.29, 1.82) is 0 Å². The third-order valence-corrected chi connectivity index (χ3v) is 1.88. The van der Waals surface area contributed by atoms with Crippen LogP contribution in [-0.2, 0) is 17.8 Å². The fraction of sp³-hybridized carbons (Fsp3) is 0.400. The summed E-state index contributed by atoms with van der Waals surface area (Å²) in [6.45, 7) is 1.01. The lowest BCUT2D eigenvalue weighted by Gasteiger charge is -2.07. The van der Waals surface area contributed by atoms with Crippen molar-refractivity contribution in [2.75, 3.05) is 13.7 Å². The molecule has 1 rings (SSSR count). The monoisotopic (exact) mass is 183 g/mol. The van der Waals surface area contributed by atoms with Gasteiger partial charge in [0.15, 0.2) is 0 Å². The zero-order valence-electron chi connectivity index (χ0n) is 7.72. The molecule has 72 valence electrons. The normalized spacial score (nSPS) is 10.4. The van der Waals surface area contributed by atoms with Gasteiger partial charge in [0.2, 0.25) is 0 Å². The van der Waals surface area contributed by atoms with Crippen LogP contribution in [0.15, 0.2) is 18.2 Å². The lowest BCUT2D eigenvalue weighted by atomic mass is 10.1. The van der Waals surface area contributed by atoms with Crippen molar-refractivity contribution in [3.63, 3.8) is 0 Å². The minimum atomic E-state index is -0.229. The Morgan fingerprint density at radius 1 is 1.38 bits per heavy atom. The maximum atomic E-state index is 12.8. The first-order chi connectivity index (χ1) is 6.27. The molecule has 0 heterocycles. The van der Waals surface area contributed by atoms with Crippen LogP contribution in [0.4, 0.5) is 4.39 Å². The summed E-state index contributed by atoms with van der Waals surface area (Å²) in [5, 5.41) is 0. The van der Waals surface area contributed by atoms with Crippen molar-refractivity contribution < 1.29 is 9.13 Å². The molecule has 3 heteroatoms. The highest BCUT2D eigenvalue weighted by atomic mass is 19.1. The first-order valence-corrected chi connectivity index (χ1v) is 4.24. The minimum Gasteiger partial charge on any atom is -0.380 e. The molecular weight excluding hydrogens is 169 g/mol. The van der Waals surface area contributed by atoms with E-state index in [4.69, 9.17) is 10.5 Å². The van der Waals surface area contributed by atoms with Crippen LogP contribution in [0.2, 0.25) is 0 Å². The van der Waals surface area contributed by atoms with Gasteiger partial charge in [-0.15, -0.1) is 0 Å². The second-order valence-electron chi connectivity index (χ2n) is 2.88. The fourth-order valence-corrected chi connectivity index (χ4v) is 1.28. The van der Waals surface area contributed by atoms with E-state index in [-0.39, 0.29) is 5.82 Å². The summed E-state index contributed by atoms with van der Waals surface area (Å²) < 4.78 is 17.8. The van der Waals surface area contributed by atoms with Crippen molar-refractivity contribution in [2.45, 2.75) is 13.0 Å². The average Bonchev–Trinajstić information content (AvgIpc) is 2.10. The lowest BCUT2D eigenvalue weighted by molar-refractivity contribution is 0.184. The van der Waals surface area contributed by atoms with E-state index in [1.165, 1.54) is 12.1 Å². The Bertz CT molecular complexity index is 276. The number of nitrogens with two attached hydrogens (primary N) is 1. The molecule has 2 N–H and O–H groups in total. The molecule has 0 amide bonds. The van der Waals surface area contributed by atoms with Gasteiger partial charge in [-0.2, -0.15) is 0 Å². The largest absolute Gasteiger partial charge is 0.380 e. The van der Waals surface area contributed by atoms with Gasteiger partial charge in [0, 0.05) is 7.11 Å². The number of ether oxygens (including phenoxy) is 1. The van der Waals surface area contributed by atoms with Gasteiger partial charge in [-0.1, -0.05) is 6.07 Å². The Balaban J connectivity index is 2.89. The van der Waals surface area contributed by atoms with E-state index in [1.807, 2.05) is 0 Å². The second-order valence-corrected chi connectivity index (χ2v) is 2.88. The minimum absolute atomic E-state index is 0.229. The zero-order valence-corrected chi connectivity index (χ0v) is 7.72. The maximum absolute atomic E-state index is 12.8. The second kappa shape index (κ2) is 4.94. The van der Waals surface area contributed by atoms with Crippen molar-refractivity contribution >= 4 is 0 Å². The van der Waals surface area contributed by atoms with Gasteiger partial charge in [0.05, 0.1) is 6.61 Å². The Morgan fingerprint density at radius 2 is 2.15 bits per heavy atom. The quantitative estimate of drug-likeness (QED) is 0.767. The van der Waals surface area contributed by atoms with E-state index < -0.39 is 0 Å². The molecule has 0 aromatic heterocycles. The summed E-state index contributed by atoms with van der Waals surface area (Å²) in [6.07, 6.45) is 0.763. The van der Waals surface area contributed by atoms with Crippen LogP contribution >= 0.6 is 0 Å². The van der Waals surface area contributed by atoms with Crippen LogP contribution in [0, 0.1) is 5.82 Å². The number of hydrogen-bond donors (Lipinski definition) is 1. The van der Waals surface area contributed by atoms with Crippen LogP contribution < -0.4 is 5.73 Å². The molecule has 0 radical (unpaired) electrons. The van der Waals surface area contributed by atoms with Gasteiger partial charge in [0.25, 0.3) is 0 Å². The van der Waals surface area contributed by atoms with E-state index in [0.29, 0.717) is 13.2 Å². The molecule has 0 fully saturated rings. The molecule has 0 aliphatic rings. The first-order valence-electron chi connectivity index (χ1n) is 4.24. The van der Waals surface area contributed by atoms with Crippen LogP contribution in [-0.4, -0.2) is 13.7 Å². The SMILES string of the molecule is COCc1cc(F)ccc1CCN. The number of hydrogen-bond acceptors (Lipinski definition) is 2. The van der Waals surface area contributed by atoms with E-state index in [2.05, 4.69) is 0 Å². The van der Waals surface area contributed by atoms with Gasteiger partial charge in [-0.05, 0) is 36.2 Å². The molecular formula is C10H14FNO. The summed E-state index contributed by atoms with van der Waals surface area (Å²) in [4.78, 5) is 0. The molecule has 0 aliphatic heterocycles. The highest BCUT2D eigenvalue weighted by Crippen LogP contribution is 2.12. The summed E-state index contributed by atoms with van der Waals surface area (Å²) in [6, 6.07) is 4.70. The molecule has 0 bridgehead atoms. The Hall–Kier alpha value is -0.930. The zero-order chi connectivity index (χ0) is 9.68. The van der Waals surface area contributed by atoms with E-state index in [0.717, 1.165) is 17.5 Å². The van der Waals surface area contributed by atoms with E-state index in [9.17, 15) is 4.39 Å². The molecule has 13 heavy (non-hydrogen) atoms. The topological polar surface area (TPSA) is 35.2 Å². The Morgan fingerprint density at radius 3 is 2.77 bits per heavy atom. The lowest BCUT2D eigenvalue weighted by Crippen LogP contribution is -2.06. The Kier molecular flexibility index (Phi) is 3.86.